The molecular formula is C37H31N3O5. The number of aromatic amines is 1. The maximum atomic E-state index is 12.3. The maximum absolute atomic E-state index is 12.3. The standard InChI is InChI=1S/C18H14N2O2.C11H13N.C8H4O3/c21-17-14-6-1-2-7-15(14)18(22)20(17)10-9-12-11-19-16-8-4-3-5-13(12)16;12-8-7-10-6-5-9-3-1-2-4-11(9)10;9-7-5-3-1-2-4-6(5)8(10)11-7/h1-8,11,19H,9-10H2;1-4,6H,5,7-8,12H2;1-4H. The molecule has 8 rings (SSSR count). The molecule has 5 aromatic rings. The van der Waals surface area contributed by atoms with E-state index in [9.17, 15) is 19.2 Å². The lowest BCUT2D eigenvalue weighted by Gasteiger charge is -2.13. The molecule has 1 aliphatic carbocycles. The molecule has 0 saturated carbocycles. The van der Waals surface area contributed by atoms with Gasteiger partial charge in [-0.3, -0.25) is 14.5 Å². The summed E-state index contributed by atoms with van der Waals surface area (Å²) in [5.74, 6) is -1.49. The highest BCUT2D eigenvalue weighted by Gasteiger charge is 2.34. The molecule has 3 N–H and O–H groups in total. The lowest BCUT2D eigenvalue weighted by molar-refractivity contribution is 0.0442. The minimum absolute atomic E-state index is 0.194. The third-order valence-electron chi connectivity index (χ3n) is 8.06. The molecule has 3 heterocycles. The number of amides is 2. The van der Waals surface area contributed by atoms with Crippen LogP contribution in [0, 0.1) is 0 Å². The molecule has 45 heavy (non-hydrogen) atoms. The number of cyclic esters (lactones) is 2. The molecule has 0 fully saturated rings. The number of allylic oxidation sites excluding steroid dienone is 1. The van der Waals surface area contributed by atoms with Gasteiger partial charge in [0.25, 0.3) is 11.8 Å². The van der Waals surface area contributed by atoms with E-state index < -0.39 is 11.9 Å². The van der Waals surface area contributed by atoms with Crippen molar-refractivity contribution in [3.05, 3.63) is 148 Å². The van der Waals surface area contributed by atoms with Crippen LogP contribution in [-0.4, -0.2) is 46.7 Å². The highest BCUT2D eigenvalue weighted by molar-refractivity contribution is 6.21. The van der Waals surface area contributed by atoms with Gasteiger partial charge in [-0.05, 0) is 78.4 Å². The summed E-state index contributed by atoms with van der Waals surface area (Å²) in [4.78, 5) is 50.9. The van der Waals surface area contributed by atoms with Crippen LogP contribution < -0.4 is 5.73 Å². The molecule has 4 aromatic carbocycles. The fourth-order valence-corrected chi connectivity index (χ4v) is 5.79. The van der Waals surface area contributed by atoms with E-state index in [1.165, 1.54) is 21.6 Å². The first-order valence-electron chi connectivity index (χ1n) is 14.8. The van der Waals surface area contributed by atoms with Crippen molar-refractivity contribution in [2.24, 2.45) is 5.73 Å². The predicted molar refractivity (Wildman–Crippen MR) is 172 cm³/mol. The molecule has 0 bridgehead atoms. The number of nitrogens with zero attached hydrogens (tertiary/aromatic N) is 1. The Kier molecular flexibility index (Phi) is 8.48. The normalized spacial score (nSPS) is 14.2. The number of carbonyl (C=O) groups excluding carboxylic acids is 4. The van der Waals surface area contributed by atoms with E-state index in [-0.39, 0.29) is 11.8 Å². The van der Waals surface area contributed by atoms with Crippen LogP contribution in [0.3, 0.4) is 0 Å². The fourth-order valence-electron chi connectivity index (χ4n) is 5.79. The van der Waals surface area contributed by atoms with Crippen LogP contribution in [0.5, 0.6) is 0 Å². The van der Waals surface area contributed by atoms with E-state index in [4.69, 9.17) is 5.73 Å². The van der Waals surface area contributed by atoms with Gasteiger partial charge in [-0.15, -0.1) is 0 Å². The van der Waals surface area contributed by atoms with Crippen molar-refractivity contribution in [1.82, 2.24) is 9.88 Å². The third kappa shape index (κ3) is 5.96. The number of fused-ring (bicyclic) bond motifs is 4. The molecule has 0 unspecified atom stereocenters. The number of aromatic nitrogens is 1. The lowest BCUT2D eigenvalue weighted by atomic mass is 10.0. The largest absolute Gasteiger partial charge is 0.386 e. The number of nitrogens with one attached hydrogen (secondary N) is 1. The smallest absolute Gasteiger partial charge is 0.346 e. The van der Waals surface area contributed by atoms with E-state index in [0.29, 0.717) is 35.2 Å². The average Bonchev–Trinajstić information content (AvgIpc) is 3.82. The predicted octanol–water partition coefficient (Wildman–Crippen LogP) is 5.98. The van der Waals surface area contributed by atoms with Gasteiger partial charge < -0.3 is 15.5 Å². The number of ether oxygens (including phenoxy) is 1. The first kappa shape index (κ1) is 29.5. The summed E-state index contributed by atoms with van der Waals surface area (Å²) in [5, 5.41) is 1.14. The van der Waals surface area contributed by atoms with Crippen molar-refractivity contribution < 1.29 is 23.9 Å². The summed E-state index contributed by atoms with van der Waals surface area (Å²) < 4.78 is 4.35. The van der Waals surface area contributed by atoms with Crippen molar-refractivity contribution in [3.8, 4) is 0 Å². The number of imide groups is 1. The van der Waals surface area contributed by atoms with Crippen molar-refractivity contribution in [3.63, 3.8) is 0 Å². The van der Waals surface area contributed by atoms with Gasteiger partial charge in [-0.25, -0.2) is 9.59 Å². The minimum atomic E-state index is -0.550. The van der Waals surface area contributed by atoms with Gasteiger partial charge in [-0.1, -0.05) is 72.8 Å². The fraction of sp³-hybridized carbons (Fsp3) is 0.135. The minimum Gasteiger partial charge on any atom is -0.386 e. The first-order valence-corrected chi connectivity index (χ1v) is 14.8. The molecule has 2 amide bonds. The second-order valence-corrected chi connectivity index (χ2v) is 10.8. The van der Waals surface area contributed by atoms with Gasteiger partial charge in [0.15, 0.2) is 0 Å². The first-order chi connectivity index (χ1) is 22.0. The zero-order valence-electron chi connectivity index (χ0n) is 24.5. The molecule has 3 aliphatic rings. The molecule has 0 radical (unpaired) electrons. The Labute approximate surface area is 260 Å². The highest BCUT2D eigenvalue weighted by Crippen LogP contribution is 2.29. The van der Waals surface area contributed by atoms with Gasteiger partial charge in [-0.2, -0.15) is 0 Å². The number of hydrogen-bond donors (Lipinski definition) is 2. The molecule has 8 nitrogen and oxygen atoms in total. The molecular weight excluding hydrogens is 566 g/mol. The molecule has 8 heteroatoms. The maximum Gasteiger partial charge on any atom is 0.346 e. The summed E-state index contributed by atoms with van der Waals surface area (Å²) in [5.41, 5.74) is 13.7. The monoisotopic (exact) mass is 597 g/mol. The topological polar surface area (TPSA) is 123 Å². The van der Waals surface area contributed by atoms with Gasteiger partial charge in [0, 0.05) is 23.6 Å². The van der Waals surface area contributed by atoms with Crippen LogP contribution in [0.25, 0.3) is 16.5 Å². The number of carbonyl (C=O) groups is 4. The second kappa shape index (κ2) is 13.0. The quantitative estimate of drug-likeness (QED) is 0.146. The van der Waals surface area contributed by atoms with Crippen LogP contribution in [0.2, 0.25) is 0 Å². The Balaban J connectivity index is 0.000000131. The Morgan fingerprint density at radius 3 is 1.87 bits per heavy atom. The number of rotatable bonds is 5. The number of esters is 2. The number of hydrogen-bond acceptors (Lipinski definition) is 6. The van der Waals surface area contributed by atoms with Crippen LogP contribution in [-0.2, 0) is 17.6 Å². The van der Waals surface area contributed by atoms with E-state index >= 15 is 0 Å². The second-order valence-electron chi connectivity index (χ2n) is 10.8. The lowest BCUT2D eigenvalue weighted by Crippen LogP contribution is -2.31. The van der Waals surface area contributed by atoms with E-state index in [1.54, 1.807) is 48.5 Å². The van der Waals surface area contributed by atoms with Crippen LogP contribution in [0.15, 0.2) is 109 Å². The van der Waals surface area contributed by atoms with Crippen molar-refractivity contribution in [2.45, 2.75) is 19.3 Å². The average molecular weight is 598 g/mol. The van der Waals surface area contributed by atoms with Crippen LogP contribution >= 0.6 is 0 Å². The zero-order chi connectivity index (χ0) is 31.3. The van der Waals surface area contributed by atoms with Crippen molar-refractivity contribution >= 4 is 40.2 Å². The summed E-state index contributed by atoms with van der Waals surface area (Å²) >= 11 is 0. The van der Waals surface area contributed by atoms with Crippen molar-refractivity contribution in [2.75, 3.05) is 13.1 Å². The Bertz CT molecular complexity index is 1900. The summed E-state index contributed by atoms with van der Waals surface area (Å²) in [6.07, 6.45) is 6.98. The summed E-state index contributed by atoms with van der Waals surface area (Å²) in [7, 11) is 0. The number of para-hydroxylation sites is 1. The summed E-state index contributed by atoms with van der Waals surface area (Å²) in [6.45, 7) is 1.15. The molecule has 1 aromatic heterocycles. The van der Waals surface area contributed by atoms with Crippen LogP contribution in [0.4, 0.5) is 0 Å². The Morgan fingerprint density at radius 2 is 1.22 bits per heavy atom. The number of benzene rings is 4. The van der Waals surface area contributed by atoms with E-state index in [1.807, 2.05) is 30.5 Å². The Hall–Kier alpha value is -5.60. The molecule has 2 aliphatic heterocycles. The summed E-state index contributed by atoms with van der Waals surface area (Å²) in [6, 6.07) is 30.1. The highest BCUT2D eigenvalue weighted by atomic mass is 16.6. The molecule has 0 atom stereocenters. The number of nitrogens with two attached hydrogens (primary N) is 1. The van der Waals surface area contributed by atoms with Gasteiger partial charge >= 0.3 is 11.9 Å². The van der Waals surface area contributed by atoms with Crippen LogP contribution in [0.1, 0.15) is 64.5 Å². The third-order valence-corrected chi connectivity index (χ3v) is 8.06. The van der Waals surface area contributed by atoms with Crippen molar-refractivity contribution in [1.29, 1.82) is 0 Å². The molecule has 224 valence electrons. The van der Waals surface area contributed by atoms with E-state index in [0.717, 1.165) is 35.9 Å². The molecule has 0 spiro atoms. The van der Waals surface area contributed by atoms with Gasteiger partial charge in [0.2, 0.25) is 0 Å². The zero-order valence-corrected chi connectivity index (χ0v) is 24.5. The number of H-pyrrole nitrogens is 1. The van der Waals surface area contributed by atoms with Gasteiger partial charge in [0.1, 0.15) is 0 Å². The SMILES string of the molecule is NCCC1=CCc2ccccc21.O=C1OC(=O)c2ccccc21.O=C1c2ccccc2C(=O)N1CCc1c[nH]c2ccccc12. The molecule has 0 saturated heterocycles. The van der Waals surface area contributed by atoms with E-state index in [2.05, 4.69) is 40.1 Å². The Morgan fingerprint density at radius 1 is 0.667 bits per heavy atom. The van der Waals surface area contributed by atoms with Gasteiger partial charge in [0.05, 0.1) is 22.3 Å².